The Kier molecular flexibility index (Phi) is 5.02. The lowest BCUT2D eigenvalue weighted by Crippen LogP contribution is -2.36. The summed E-state index contributed by atoms with van der Waals surface area (Å²) in [4.78, 5) is 28.3. The van der Waals surface area contributed by atoms with Crippen LogP contribution in [0.2, 0.25) is 0 Å². The largest absolute Gasteiger partial charge is 0.492 e. The smallest absolute Gasteiger partial charge is 0.328 e. The highest BCUT2D eigenvalue weighted by atomic mass is 31.2. The standard InChI is InChI=1S/C22H17N2O4P/c25-20-19(21(26)24-22(27)23-20)28-29(16-10-4-1-5-11-16,17-12-6-2-7-13-17)18-14-8-3-9-15-18/h1-15H,(H2-,23,24,25,26,27)/p+1. The van der Waals surface area contributed by atoms with Crippen molar-refractivity contribution in [3.05, 3.63) is 112 Å². The summed E-state index contributed by atoms with van der Waals surface area (Å²) in [6.07, 6.45) is 0. The highest BCUT2D eigenvalue weighted by Crippen LogP contribution is 2.56. The lowest BCUT2D eigenvalue weighted by atomic mass is 10.4. The molecular weight excluding hydrogens is 387 g/mol. The van der Waals surface area contributed by atoms with Gasteiger partial charge in [0.05, 0.1) is 0 Å². The number of aromatic hydroxyl groups is 1. The molecule has 3 N–H and O–H groups in total. The second kappa shape index (κ2) is 7.78. The molecule has 0 aliphatic heterocycles. The van der Waals surface area contributed by atoms with E-state index in [-0.39, 0.29) is 5.75 Å². The Labute approximate surface area is 166 Å². The van der Waals surface area contributed by atoms with Gasteiger partial charge in [0.15, 0.2) is 0 Å². The average molecular weight is 405 g/mol. The van der Waals surface area contributed by atoms with Crippen molar-refractivity contribution in [2.45, 2.75) is 0 Å². The molecular formula is C22H18N2O4P+. The van der Waals surface area contributed by atoms with Crippen molar-refractivity contribution < 1.29 is 9.63 Å². The van der Waals surface area contributed by atoms with E-state index in [0.717, 1.165) is 15.9 Å². The molecule has 0 atom stereocenters. The number of rotatable bonds is 5. The van der Waals surface area contributed by atoms with E-state index in [1.54, 1.807) is 0 Å². The minimum atomic E-state index is -2.85. The van der Waals surface area contributed by atoms with Crippen molar-refractivity contribution in [2.75, 3.05) is 0 Å². The van der Waals surface area contributed by atoms with Gasteiger partial charge in [-0.1, -0.05) is 54.6 Å². The molecule has 0 aliphatic rings. The van der Waals surface area contributed by atoms with Crippen molar-refractivity contribution in [3.63, 3.8) is 0 Å². The summed E-state index contributed by atoms with van der Waals surface area (Å²) >= 11 is 0. The summed E-state index contributed by atoms with van der Waals surface area (Å²) < 4.78 is 6.42. The third-order valence-electron chi connectivity index (χ3n) is 4.47. The first-order valence-electron chi connectivity index (χ1n) is 8.92. The number of hydrogen-bond donors (Lipinski definition) is 3. The molecule has 0 aliphatic carbocycles. The third-order valence-corrected chi connectivity index (χ3v) is 8.00. The molecule has 0 bridgehead atoms. The van der Waals surface area contributed by atoms with Crippen molar-refractivity contribution >= 4 is 23.4 Å². The molecule has 0 unspecified atom stereocenters. The fraction of sp³-hybridized carbons (Fsp3) is 0. The van der Waals surface area contributed by atoms with Crippen LogP contribution in [0.15, 0.2) is 101 Å². The first kappa shape index (κ1) is 18.7. The predicted octanol–water partition coefficient (Wildman–Crippen LogP) is 2.06. The Morgan fingerprint density at radius 3 is 1.45 bits per heavy atom. The summed E-state index contributed by atoms with van der Waals surface area (Å²) in [5.74, 6) is -0.930. The summed E-state index contributed by atoms with van der Waals surface area (Å²) in [5.41, 5.74) is -1.60. The van der Waals surface area contributed by atoms with Crippen LogP contribution in [-0.2, 0) is 0 Å². The van der Waals surface area contributed by atoms with E-state index < -0.39 is 24.6 Å². The Morgan fingerprint density at radius 1 is 0.655 bits per heavy atom. The highest BCUT2D eigenvalue weighted by Gasteiger charge is 2.50. The topological polar surface area (TPSA) is 95.2 Å². The fourth-order valence-electron chi connectivity index (χ4n) is 3.20. The Bertz CT molecular complexity index is 1130. The summed E-state index contributed by atoms with van der Waals surface area (Å²) in [5, 5.41) is 12.9. The number of H-pyrrole nitrogens is 2. The van der Waals surface area contributed by atoms with Crippen LogP contribution < -0.4 is 31.7 Å². The zero-order valence-electron chi connectivity index (χ0n) is 15.3. The molecule has 0 saturated heterocycles. The molecule has 0 fully saturated rings. The van der Waals surface area contributed by atoms with Crippen LogP contribution in [0.5, 0.6) is 11.6 Å². The molecule has 0 radical (unpaired) electrons. The van der Waals surface area contributed by atoms with Gasteiger partial charge in [-0.3, -0.25) is 14.8 Å². The van der Waals surface area contributed by atoms with E-state index in [0.29, 0.717) is 0 Å². The fourth-order valence-corrected chi connectivity index (χ4v) is 6.63. The summed E-state index contributed by atoms with van der Waals surface area (Å²) in [7, 11) is -2.85. The van der Waals surface area contributed by atoms with E-state index in [1.165, 1.54) is 0 Å². The van der Waals surface area contributed by atoms with Crippen molar-refractivity contribution in [3.8, 4) is 11.6 Å². The van der Waals surface area contributed by atoms with Gasteiger partial charge in [0.25, 0.3) is 13.2 Å². The number of aromatic nitrogens is 2. The van der Waals surface area contributed by atoms with Gasteiger partial charge in [-0.25, -0.2) is 4.79 Å². The van der Waals surface area contributed by atoms with Crippen LogP contribution in [-0.4, -0.2) is 15.1 Å². The molecule has 4 rings (SSSR count). The van der Waals surface area contributed by atoms with E-state index >= 15 is 0 Å². The van der Waals surface area contributed by atoms with E-state index in [4.69, 9.17) is 4.52 Å². The maximum atomic E-state index is 12.5. The van der Waals surface area contributed by atoms with Crippen LogP contribution in [0, 0.1) is 0 Å². The number of benzene rings is 3. The molecule has 7 heteroatoms. The Balaban J connectivity index is 2.06. The SMILES string of the molecule is O=c1[nH]c(O)c(O[P+](c2ccccc2)(c2ccccc2)c2ccccc2)c(=O)[nH]1. The van der Waals surface area contributed by atoms with Crippen LogP contribution >= 0.6 is 7.49 Å². The van der Waals surface area contributed by atoms with Crippen LogP contribution in [0.4, 0.5) is 0 Å². The van der Waals surface area contributed by atoms with Crippen LogP contribution in [0.25, 0.3) is 0 Å². The molecule has 6 nitrogen and oxygen atoms in total. The first-order chi connectivity index (χ1) is 14.1. The van der Waals surface area contributed by atoms with E-state index in [9.17, 15) is 14.7 Å². The normalized spacial score (nSPS) is 11.2. The predicted molar refractivity (Wildman–Crippen MR) is 115 cm³/mol. The van der Waals surface area contributed by atoms with Crippen LogP contribution in [0.1, 0.15) is 0 Å². The summed E-state index contributed by atoms with van der Waals surface area (Å²) in [6, 6.07) is 28.7. The van der Waals surface area contributed by atoms with Gasteiger partial charge in [-0.05, 0) is 36.4 Å². The number of hydrogen-bond acceptors (Lipinski definition) is 4. The van der Waals surface area contributed by atoms with Gasteiger partial charge < -0.3 is 9.63 Å². The monoisotopic (exact) mass is 405 g/mol. The lowest BCUT2D eigenvalue weighted by molar-refractivity contribution is 0.419. The molecule has 0 saturated carbocycles. The van der Waals surface area contributed by atoms with E-state index in [2.05, 4.69) is 9.97 Å². The lowest BCUT2D eigenvalue weighted by Gasteiger charge is -2.25. The van der Waals surface area contributed by atoms with Crippen LogP contribution in [0.3, 0.4) is 0 Å². The third kappa shape index (κ3) is 3.46. The second-order valence-electron chi connectivity index (χ2n) is 6.29. The molecule has 144 valence electrons. The molecule has 4 aromatic rings. The first-order valence-corrected chi connectivity index (χ1v) is 10.6. The van der Waals surface area contributed by atoms with Crippen molar-refractivity contribution in [1.29, 1.82) is 0 Å². The van der Waals surface area contributed by atoms with E-state index in [1.807, 2.05) is 91.0 Å². The van der Waals surface area contributed by atoms with Gasteiger partial charge in [-0.15, -0.1) is 0 Å². The van der Waals surface area contributed by atoms with Gasteiger partial charge in [0, 0.05) is 0 Å². The second-order valence-corrected chi connectivity index (χ2v) is 9.24. The molecule has 29 heavy (non-hydrogen) atoms. The van der Waals surface area contributed by atoms with Gasteiger partial charge >= 0.3 is 11.2 Å². The number of nitrogens with one attached hydrogen (secondary N) is 2. The minimum Gasteiger partial charge on any atom is -0.492 e. The van der Waals surface area contributed by atoms with Crippen molar-refractivity contribution in [1.82, 2.24) is 9.97 Å². The quantitative estimate of drug-likeness (QED) is 0.443. The average Bonchev–Trinajstić information content (AvgIpc) is 2.75. The van der Waals surface area contributed by atoms with Gasteiger partial charge in [0.1, 0.15) is 15.9 Å². The van der Waals surface area contributed by atoms with Crippen molar-refractivity contribution in [2.24, 2.45) is 0 Å². The molecule has 1 aromatic heterocycles. The molecule has 3 aromatic carbocycles. The Morgan fingerprint density at radius 2 is 1.07 bits per heavy atom. The highest BCUT2D eigenvalue weighted by molar-refractivity contribution is 7.92. The maximum Gasteiger partial charge on any atom is 0.328 e. The molecule has 1 heterocycles. The maximum absolute atomic E-state index is 12.5. The zero-order chi connectivity index (χ0) is 20.3. The minimum absolute atomic E-state index is 0.325. The molecule has 0 amide bonds. The van der Waals surface area contributed by atoms with Gasteiger partial charge in [0.2, 0.25) is 5.88 Å². The molecule has 0 spiro atoms. The zero-order valence-corrected chi connectivity index (χ0v) is 16.2. The Hall–Kier alpha value is -3.63. The number of aromatic amines is 2. The summed E-state index contributed by atoms with van der Waals surface area (Å²) in [6.45, 7) is 0. The van der Waals surface area contributed by atoms with Gasteiger partial charge in [-0.2, -0.15) is 0 Å².